The van der Waals surface area contributed by atoms with Crippen molar-refractivity contribution in [3.05, 3.63) is 22.4 Å². The van der Waals surface area contributed by atoms with Crippen molar-refractivity contribution in [3.63, 3.8) is 0 Å². The van der Waals surface area contributed by atoms with Gasteiger partial charge in [-0.05, 0) is 30.2 Å². The predicted octanol–water partition coefficient (Wildman–Crippen LogP) is 2.61. The number of rotatable bonds is 4. The van der Waals surface area contributed by atoms with E-state index in [9.17, 15) is 8.42 Å². The predicted molar refractivity (Wildman–Crippen MR) is 76.7 cm³/mol. The van der Waals surface area contributed by atoms with Gasteiger partial charge in [0, 0.05) is 17.0 Å². The third-order valence-electron chi connectivity index (χ3n) is 3.49. The fourth-order valence-electron chi connectivity index (χ4n) is 2.38. The molecule has 0 bridgehead atoms. The van der Waals surface area contributed by atoms with Crippen LogP contribution in [0.1, 0.15) is 37.6 Å². The highest BCUT2D eigenvalue weighted by molar-refractivity contribution is 7.91. The van der Waals surface area contributed by atoms with E-state index in [0.29, 0.717) is 29.5 Å². The molecule has 1 fully saturated rings. The molecule has 1 unspecified atom stereocenters. The van der Waals surface area contributed by atoms with Crippen LogP contribution in [0, 0.1) is 5.92 Å². The van der Waals surface area contributed by atoms with Crippen molar-refractivity contribution in [2.24, 2.45) is 5.92 Å². The van der Waals surface area contributed by atoms with Gasteiger partial charge in [-0.2, -0.15) is 0 Å². The molecule has 1 aromatic heterocycles. The third-order valence-corrected chi connectivity index (χ3v) is 6.16. The van der Waals surface area contributed by atoms with Crippen LogP contribution in [-0.2, 0) is 9.84 Å². The van der Waals surface area contributed by atoms with E-state index in [1.54, 1.807) is 11.3 Å². The summed E-state index contributed by atoms with van der Waals surface area (Å²) in [6.45, 7) is 4.41. The minimum absolute atomic E-state index is 0.333. The van der Waals surface area contributed by atoms with E-state index in [4.69, 9.17) is 0 Å². The van der Waals surface area contributed by atoms with Crippen LogP contribution in [0.4, 0.5) is 0 Å². The maximum absolute atomic E-state index is 11.4. The second-order valence-corrected chi connectivity index (χ2v) is 8.61. The van der Waals surface area contributed by atoms with Crippen LogP contribution >= 0.6 is 11.3 Å². The van der Waals surface area contributed by atoms with Gasteiger partial charge in [-0.25, -0.2) is 8.42 Å². The summed E-state index contributed by atoms with van der Waals surface area (Å²) in [6, 6.07) is 4.91. The van der Waals surface area contributed by atoms with Crippen LogP contribution in [0.5, 0.6) is 0 Å². The first-order valence-electron chi connectivity index (χ1n) is 6.48. The molecule has 18 heavy (non-hydrogen) atoms. The number of sulfone groups is 1. The van der Waals surface area contributed by atoms with Crippen molar-refractivity contribution < 1.29 is 8.42 Å². The molecule has 1 atom stereocenters. The molecule has 102 valence electrons. The van der Waals surface area contributed by atoms with Crippen LogP contribution in [0.3, 0.4) is 0 Å². The van der Waals surface area contributed by atoms with Crippen molar-refractivity contribution >= 4 is 21.2 Å². The standard InChI is InChI=1S/C13H21NO2S2/c1-10(2)13(12-4-3-7-17-12)14-11-5-8-18(15,16)9-6-11/h3-4,7,10-11,13-14H,5-6,8-9H2,1-2H3. The van der Waals surface area contributed by atoms with Crippen molar-refractivity contribution in [2.75, 3.05) is 11.5 Å². The molecule has 0 aliphatic carbocycles. The van der Waals surface area contributed by atoms with Crippen LogP contribution in [0.25, 0.3) is 0 Å². The molecule has 1 aliphatic rings. The molecule has 5 heteroatoms. The van der Waals surface area contributed by atoms with Crippen LogP contribution in [0.15, 0.2) is 17.5 Å². The smallest absolute Gasteiger partial charge is 0.150 e. The molecule has 0 aromatic carbocycles. The van der Waals surface area contributed by atoms with Gasteiger partial charge in [-0.1, -0.05) is 19.9 Å². The topological polar surface area (TPSA) is 46.2 Å². The summed E-state index contributed by atoms with van der Waals surface area (Å²) in [6.07, 6.45) is 1.49. The Bertz CT molecular complexity index is 451. The minimum atomic E-state index is -2.76. The molecule has 1 saturated heterocycles. The summed E-state index contributed by atoms with van der Waals surface area (Å²) in [5.41, 5.74) is 0. The lowest BCUT2D eigenvalue weighted by molar-refractivity contribution is 0.346. The quantitative estimate of drug-likeness (QED) is 0.926. The van der Waals surface area contributed by atoms with Crippen LogP contribution in [0.2, 0.25) is 0 Å². The maximum Gasteiger partial charge on any atom is 0.150 e. The molecular formula is C13H21NO2S2. The second-order valence-electron chi connectivity index (χ2n) is 5.33. The Morgan fingerprint density at radius 1 is 1.33 bits per heavy atom. The van der Waals surface area contributed by atoms with Gasteiger partial charge >= 0.3 is 0 Å². The number of thiophene rings is 1. The van der Waals surface area contributed by atoms with Crippen molar-refractivity contribution in [1.82, 2.24) is 5.32 Å². The van der Waals surface area contributed by atoms with Crippen molar-refractivity contribution in [2.45, 2.75) is 38.8 Å². The third kappa shape index (κ3) is 3.56. The summed E-state index contributed by atoms with van der Waals surface area (Å²) in [5, 5.41) is 5.74. The SMILES string of the molecule is CC(C)C(NC1CCS(=O)(=O)CC1)c1cccs1. The normalized spacial score (nSPS) is 22.2. The Hall–Kier alpha value is -0.390. The van der Waals surface area contributed by atoms with E-state index in [0.717, 1.165) is 12.8 Å². The number of hydrogen-bond donors (Lipinski definition) is 1. The molecule has 1 aromatic rings. The molecule has 3 nitrogen and oxygen atoms in total. The summed E-state index contributed by atoms with van der Waals surface area (Å²) in [5.74, 6) is 1.18. The highest BCUT2D eigenvalue weighted by Gasteiger charge is 2.27. The first-order chi connectivity index (χ1) is 8.48. The number of nitrogens with one attached hydrogen (secondary N) is 1. The average Bonchev–Trinajstić information content (AvgIpc) is 2.80. The number of hydrogen-bond acceptors (Lipinski definition) is 4. The molecule has 0 amide bonds. The zero-order valence-electron chi connectivity index (χ0n) is 10.9. The summed E-state index contributed by atoms with van der Waals surface area (Å²) in [4.78, 5) is 1.35. The lowest BCUT2D eigenvalue weighted by atomic mass is 10.00. The first-order valence-corrected chi connectivity index (χ1v) is 9.18. The van der Waals surface area contributed by atoms with Gasteiger partial charge in [0.05, 0.1) is 11.5 Å². The van der Waals surface area contributed by atoms with Gasteiger partial charge < -0.3 is 5.32 Å². The summed E-state index contributed by atoms with van der Waals surface area (Å²) >= 11 is 1.77. The molecule has 2 rings (SSSR count). The monoisotopic (exact) mass is 287 g/mol. The van der Waals surface area contributed by atoms with Gasteiger partial charge in [0.1, 0.15) is 9.84 Å². The van der Waals surface area contributed by atoms with Gasteiger partial charge in [0.2, 0.25) is 0 Å². The van der Waals surface area contributed by atoms with Gasteiger partial charge in [0.25, 0.3) is 0 Å². The lowest BCUT2D eigenvalue weighted by Crippen LogP contribution is -2.40. The Balaban J connectivity index is 1.99. The Morgan fingerprint density at radius 2 is 2.00 bits per heavy atom. The molecule has 2 heterocycles. The first kappa shape index (κ1) is 14.0. The average molecular weight is 287 g/mol. The summed E-state index contributed by atoms with van der Waals surface area (Å²) < 4.78 is 22.8. The highest BCUT2D eigenvalue weighted by Crippen LogP contribution is 2.27. The molecular weight excluding hydrogens is 266 g/mol. The van der Waals surface area contributed by atoms with Crippen LogP contribution in [-0.4, -0.2) is 26.0 Å². The fourth-order valence-corrected chi connectivity index (χ4v) is 4.83. The van der Waals surface area contributed by atoms with E-state index >= 15 is 0 Å². The highest BCUT2D eigenvalue weighted by atomic mass is 32.2. The zero-order valence-corrected chi connectivity index (χ0v) is 12.6. The second kappa shape index (κ2) is 5.72. The van der Waals surface area contributed by atoms with E-state index in [-0.39, 0.29) is 0 Å². The molecule has 0 saturated carbocycles. The van der Waals surface area contributed by atoms with E-state index in [1.807, 2.05) is 0 Å². The molecule has 0 radical (unpaired) electrons. The zero-order chi connectivity index (χ0) is 13.2. The Labute approximate surface area is 114 Å². The minimum Gasteiger partial charge on any atom is -0.306 e. The van der Waals surface area contributed by atoms with Gasteiger partial charge in [-0.3, -0.25) is 0 Å². The lowest BCUT2D eigenvalue weighted by Gasteiger charge is -2.30. The molecule has 1 aliphatic heterocycles. The van der Waals surface area contributed by atoms with Gasteiger partial charge in [-0.15, -0.1) is 11.3 Å². The van der Waals surface area contributed by atoms with Gasteiger partial charge in [0.15, 0.2) is 0 Å². The van der Waals surface area contributed by atoms with Crippen LogP contribution < -0.4 is 5.32 Å². The van der Waals surface area contributed by atoms with E-state index in [1.165, 1.54) is 4.88 Å². The van der Waals surface area contributed by atoms with Crippen molar-refractivity contribution in [1.29, 1.82) is 0 Å². The molecule has 1 N–H and O–H groups in total. The maximum atomic E-state index is 11.4. The van der Waals surface area contributed by atoms with E-state index < -0.39 is 9.84 Å². The van der Waals surface area contributed by atoms with E-state index in [2.05, 4.69) is 36.7 Å². The Morgan fingerprint density at radius 3 is 2.50 bits per heavy atom. The largest absolute Gasteiger partial charge is 0.306 e. The summed E-state index contributed by atoms with van der Waals surface area (Å²) in [7, 11) is -2.76. The van der Waals surface area contributed by atoms with Crippen molar-refractivity contribution in [3.8, 4) is 0 Å². The Kier molecular flexibility index (Phi) is 4.45. The molecule has 0 spiro atoms. The fraction of sp³-hybridized carbons (Fsp3) is 0.692.